The van der Waals surface area contributed by atoms with Gasteiger partial charge in [0.25, 0.3) is 5.91 Å². The van der Waals surface area contributed by atoms with Crippen molar-refractivity contribution in [1.82, 2.24) is 15.1 Å². The Kier molecular flexibility index (Phi) is 5.89. The second-order valence-corrected chi connectivity index (χ2v) is 7.67. The van der Waals surface area contributed by atoms with Crippen LogP contribution in [0.3, 0.4) is 0 Å². The van der Waals surface area contributed by atoms with E-state index in [1.807, 2.05) is 25.2 Å². The van der Waals surface area contributed by atoms with Gasteiger partial charge in [-0.05, 0) is 47.1 Å². The highest BCUT2D eigenvalue weighted by Gasteiger charge is 2.42. The van der Waals surface area contributed by atoms with Gasteiger partial charge in [-0.3, -0.25) is 9.69 Å². The van der Waals surface area contributed by atoms with E-state index in [9.17, 15) is 4.79 Å². The molecule has 0 aromatic heterocycles. The van der Waals surface area contributed by atoms with Crippen LogP contribution in [-0.2, 0) is 4.79 Å². The fourth-order valence-electron chi connectivity index (χ4n) is 3.57. The zero-order chi connectivity index (χ0) is 18.0. The lowest BCUT2D eigenvalue weighted by Crippen LogP contribution is -2.48. The number of rotatable bonds is 6. The van der Waals surface area contributed by atoms with Crippen LogP contribution in [0.15, 0.2) is 35.5 Å². The molecule has 2 heterocycles. The van der Waals surface area contributed by atoms with Crippen LogP contribution >= 0.6 is 22.6 Å². The molecule has 136 valence electrons. The molecule has 2 aliphatic heterocycles. The Labute approximate surface area is 163 Å². The number of alkyl halides is 1. The van der Waals surface area contributed by atoms with Crippen molar-refractivity contribution in [3.05, 3.63) is 41.1 Å². The van der Waals surface area contributed by atoms with Gasteiger partial charge in [0.1, 0.15) is 15.6 Å². The van der Waals surface area contributed by atoms with E-state index in [2.05, 4.69) is 57.6 Å². The van der Waals surface area contributed by atoms with Crippen LogP contribution < -0.4 is 10.1 Å². The number of amides is 1. The van der Waals surface area contributed by atoms with Gasteiger partial charge in [0.05, 0.1) is 12.6 Å². The number of carbonyl (C=O) groups excluding carboxylic acids is 1. The van der Waals surface area contributed by atoms with E-state index in [0.717, 1.165) is 48.5 Å². The van der Waals surface area contributed by atoms with Gasteiger partial charge in [-0.2, -0.15) is 0 Å². The molecule has 1 aromatic rings. The first-order valence-electron chi connectivity index (χ1n) is 8.95. The van der Waals surface area contributed by atoms with E-state index in [0.29, 0.717) is 6.61 Å². The number of likely N-dealkylation sites (N-methyl/N-ethyl adjacent to an activating group) is 1. The molecular weight excluding hydrogens is 429 g/mol. The predicted octanol–water partition coefficient (Wildman–Crippen LogP) is 3.28. The van der Waals surface area contributed by atoms with Crippen LogP contribution in [0.2, 0.25) is 0 Å². The number of ether oxygens (including phenoxy) is 1. The second-order valence-electron chi connectivity index (χ2n) is 6.56. The van der Waals surface area contributed by atoms with E-state index in [1.165, 1.54) is 0 Å². The van der Waals surface area contributed by atoms with Crippen LogP contribution in [-0.4, -0.2) is 46.6 Å². The minimum absolute atomic E-state index is 0.0191. The molecule has 25 heavy (non-hydrogen) atoms. The number of para-hydroxylation sites is 1. The highest BCUT2D eigenvalue weighted by atomic mass is 127. The molecule has 3 rings (SSSR count). The quantitative estimate of drug-likeness (QED) is 0.407. The van der Waals surface area contributed by atoms with Crippen molar-refractivity contribution in [3.8, 4) is 5.75 Å². The van der Waals surface area contributed by atoms with E-state index in [4.69, 9.17) is 4.74 Å². The van der Waals surface area contributed by atoms with Gasteiger partial charge < -0.3 is 15.0 Å². The highest BCUT2D eigenvalue weighted by molar-refractivity contribution is 14.1. The monoisotopic (exact) mass is 455 g/mol. The maximum absolute atomic E-state index is 12.7. The Bertz CT molecular complexity index is 676. The largest absolute Gasteiger partial charge is 0.493 e. The van der Waals surface area contributed by atoms with Gasteiger partial charge in [0, 0.05) is 25.7 Å². The van der Waals surface area contributed by atoms with E-state index < -0.39 is 0 Å². The number of carbonyl (C=O) groups is 1. The third-order valence-corrected chi connectivity index (χ3v) is 6.32. The molecule has 1 amide bonds. The fourth-order valence-corrected chi connectivity index (χ4v) is 4.32. The Morgan fingerprint density at radius 3 is 2.76 bits per heavy atom. The molecule has 0 radical (unpaired) electrons. The van der Waals surface area contributed by atoms with Crippen molar-refractivity contribution >= 4 is 28.5 Å². The van der Waals surface area contributed by atoms with E-state index >= 15 is 0 Å². The normalized spacial score (nSPS) is 23.7. The minimum atomic E-state index is -0.110. The molecule has 0 spiro atoms. The zero-order valence-electron chi connectivity index (χ0n) is 15.1. The zero-order valence-corrected chi connectivity index (χ0v) is 17.2. The molecule has 2 unspecified atom stereocenters. The Balaban J connectivity index is 1.97. The molecule has 6 heteroatoms. The molecule has 2 atom stereocenters. The number of benzene rings is 1. The maximum Gasteiger partial charge on any atom is 0.268 e. The van der Waals surface area contributed by atoms with Crippen LogP contribution in [0.1, 0.15) is 38.3 Å². The summed E-state index contributed by atoms with van der Waals surface area (Å²) in [5.74, 6) is 0.885. The van der Waals surface area contributed by atoms with Crippen molar-refractivity contribution in [1.29, 1.82) is 0 Å². The third kappa shape index (κ3) is 3.51. The molecule has 0 fully saturated rings. The summed E-state index contributed by atoms with van der Waals surface area (Å²) in [5.41, 5.74) is 3.02. The van der Waals surface area contributed by atoms with Gasteiger partial charge in [-0.25, -0.2) is 0 Å². The van der Waals surface area contributed by atoms with Gasteiger partial charge >= 0.3 is 0 Å². The van der Waals surface area contributed by atoms with Crippen molar-refractivity contribution in [2.24, 2.45) is 0 Å². The van der Waals surface area contributed by atoms with Crippen LogP contribution in [0.25, 0.3) is 0 Å². The molecule has 0 bridgehead atoms. The molecule has 2 aliphatic rings. The average Bonchev–Trinajstić information content (AvgIpc) is 2.94. The molecule has 0 saturated heterocycles. The Hall–Kier alpha value is -1.28. The van der Waals surface area contributed by atoms with E-state index in [1.54, 1.807) is 0 Å². The van der Waals surface area contributed by atoms with E-state index in [-0.39, 0.29) is 16.1 Å². The number of hydrogen-bond acceptors (Lipinski definition) is 4. The first-order chi connectivity index (χ1) is 12.1. The molecule has 0 saturated carbocycles. The summed E-state index contributed by atoms with van der Waals surface area (Å²) in [7, 11) is 2.01. The topological polar surface area (TPSA) is 44.8 Å². The third-order valence-electron chi connectivity index (χ3n) is 4.69. The lowest BCUT2D eigenvalue weighted by atomic mass is 9.97. The minimum Gasteiger partial charge on any atom is -0.493 e. The average molecular weight is 455 g/mol. The summed E-state index contributed by atoms with van der Waals surface area (Å²) >= 11 is 2.41. The number of nitrogens with one attached hydrogen (secondary N) is 1. The summed E-state index contributed by atoms with van der Waals surface area (Å²) in [6.07, 6.45) is 2.06. The molecule has 0 aliphatic carbocycles. The number of halogens is 1. The summed E-state index contributed by atoms with van der Waals surface area (Å²) in [4.78, 5) is 17.2. The molecule has 1 N–H and O–H groups in total. The van der Waals surface area contributed by atoms with Gasteiger partial charge in [-0.15, -0.1) is 0 Å². The lowest BCUT2D eigenvalue weighted by molar-refractivity contribution is -0.118. The SMILES string of the molecule is CCCOc1ccccc1C1NC(=O)C2=C1CN(CCC)C(I)N2C. The standard InChI is InChI=1S/C19H26IN3O2/c1-4-10-23-12-14-16(21-18(24)17(14)22(3)19(23)20)13-8-6-7-9-15(13)25-11-5-2/h6-9,16,19H,4-5,10-12H2,1-3H3,(H,21,24). The van der Waals surface area contributed by atoms with Gasteiger partial charge in [0.2, 0.25) is 0 Å². The smallest absolute Gasteiger partial charge is 0.268 e. The van der Waals surface area contributed by atoms with Crippen molar-refractivity contribution in [2.45, 2.75) is 36.9 Å². The lowest BCUT2D eigenvalue weighted by Gasteiger charge is -2.40. The van der Waals surface area contributed by atoms with Crippen LogP contribution in [0, 0.1) is 0 Å². The summed E-state index contributed by atoms with van der Waals surface area (Å²) in [5, 5.41) is 3.18. The van der Waals surface area contributed by atoms with Crippen LogP contribution in [0.4, 0.5) is 0 Å². The Morgan fingerprint density at radius 2 is 2.04 bits per heavy atom. The number of hydrogen-bond donors (Lipinski definition) is 1. The first kappa shape index (κ1) is 18.5. The fraction of sp³-hybridized carbons (Fsp3) is 0.526. The molecule has 5 nitrogen and oxygen atoms in total. The van der Waals surface area contributed by atoms with Crippen molar-refractivity contribution < 1.29 is 9.53 Å². The first-order valence-corrected chi connectivity index (χ1v) is 10.2. The number of nitrogens with zero attached hydrogens (tertiary/aromatic N) is 2. The van der Waals surface area contributed by atoms with Crippen molar-refractivity contribution in [3.63, 3.8) is 0 Å². The summed E-state index contributed by atoms with van der Waals surface area (Å²) in [6, 6.07) is 7.94. The molecular formula is C19H26IN3O2. The van der Waals surface area contributed by atoms with Crippen molar-refractivity contribution in [2.75, 3.05) is 26.7 Å². The predicted molar refractivity (Wildman–Crippen MR) is 108 cm³/mol. The summed E-state index contributed by atoms with van der Waals surface area (Å²) < 4.78 is 6.13. The van der Waals surface area contributed by atoms with Gasteiger partial charge in [-0.1, -0.05) is 32.0 Å². The molecule has 1 aromatic carbocycles. The van der Waals surface area contributed by atoms with Crippen LogP contribution in [0.5, 0.6) is 5.75 Å². The van der Waals surface area contributed by atoms with Gasteiger partial charge in [0.15, 0.2) is 0 Å². The maximum atomic E-state index is 12.7. The Morgan fingerprint density at radius 1 is 1.28 bits per heavy atom. The summed E-state index contributed by atoms with van der Waals surface area (Å²) in [6.45, 7) is 6.80. The highest BCUT2D eigenvalue weighted by Crippen LogP contribution is 2.40. The second kappa shape index (κ2) is 7.95.